The van der Waals surface area contributed by atoms with Crippen molar-refractivity contribution in [2.75, 3.05) is 18.4 Å². The summed E-state index contributed by atoms with van der Waals surface area (Å²) in [6, 6.07) is 3.69. The summed E-state index contributed by atoms with van der Waals surface area (Å²) in [6.07, 6.45) is 8.11. The van der Waals surface area contributed by atoms with Crippen molar-refractivity contribution in [3.8, 4) is 0 Å². The van der Waals surface area contributed by atoms with Gasteiger partial charge in [0.15, 0.2) is 0 Å². The summed E-state index contributed by atoms with van der Waals surface area (Å²) in [5, 5.41) is 7.24. The van der Waals surface area contributed by atoms with Gasteiger partial charge in [0.05, 0.1) is 5.92 Å². The Kier molecular flexibility index (Phi) is 5.36. The number of likely N-dealkylation sites (tertiary alicyclic amines) is 1. The van der Waals surface area contributed by atoms with Crippen molar-refractivity contribution in [3.63, 3.8) is 0 Å². The molecule has 26 heavy (non-hydrogen) atoms. The van der Waals surface area contributed by atoms with Crippen molar-refractivity contribution in [2.45, 2.75) is 45.1 Å². The molecule has 2 aliphatic rings. The summed E-state index contributed by atoms with van der Waals surface area (Å²) in [6.45, 7) is 2.53. The maximum Gasteiger partial charge on any atom is 0.229 e. The van der Waals surface area contributed by atoms with Crippen LogP contribution in [-0.2, 0) is 24.2 Å². The van der Waals surface area contributed by atoms with Gasteiger partial charge in [-0.25, -0.2) is 4.98 Å². The Labute approximate surface area is 161 Å². The maximum atomic E-state index is 12.6. The average molecular weight is 419 g/mol. The van der Waals surface area contributed by atoms with Crippen molar-refractivity contribution in [3.05, 3.63) is 39.8 Å². The second-order valence-electron chi connectivity index (χ2n) is 7.16. The van der Waals surface area contributed by atoms with Gasteiger partial charge in [0.1, 0.15) is 17.3 Å². The number of anilines is 1. The van der Waals surface area contributed by atoms with Crippen LogP contribution in [0.2, 0.25) is 0 Å². The molecule has 1 aliphatic heterocycles. The van der Waals surface area contributed by atoms with Gasteiger partial charge in [-0.2, -0.15) is 0 Å². The first kappa shape index (κ1) is 17.7. The van der Waals surface area contributed by atoms with E-state index in [1.165, 1.54) is 18.4 Å². The van der Waals surface area contributed by atoms with E-state index in [9.17, 15) is 4.79 Å². The van der Waals surface area contributed by atoms with Gasteiger partial charge >= 0.3 is 0 Å². The number of nitrogens with one attached hydrogen (secondary N) is 1. The number of carbonyl (C=O) groups excluding carboxylic acids is 1. The molecule has 7 heteroatoms. The third kappa shape index (κ3) is 3.99. The van der Waals surface area contributed by atoms with Crippen LogP contribution in [0.3, 0.4) is 0 Å². The highest BCUT2D eigenvalue weighted by Gasteiger charge is 2.28. The molecule has 3 heterocycles. The number of aryl methyl sites for hydroxylation is 1. The Bertz CT molecular complexity index is 774. The molecule has 6 nitrogen and oxygen atoms in total. The van der Waals surface area contributed by atoms with Gasteiger partial charge in [-0.15, -0.1) is 0 Å². The summed E-state index contributed by atoms with van der Waals surface area (Å²) in [4.78, 5) is 19.2. The molecule has 0 spiro atoms. The lowest BCUT2D eigenvalue weighted by Crippen LogP contribution is -2.40. The van der Waals surface area contributed by atoms with E-state index in [1.807, 2.05) is 12.1 Å². The number of nitrogens with zero attached hydrogens (tertiary/aromatic N) is 3. The normalized spacial score (nSPS) is 20.6. The van der Waals surface area contributed by atoms with Crippen LogP contribution < -0.4 is 5.32 Å². The zero-order valence-electron chi connectivity index (χ0n) is 14.7. The van der Waals surface area contributed by atoms with Gasteiger partial charge in [-0.3, -0.25) is 9.69 Å². The number of halogens is 1. The molecule has 1 atom stereocenters. The lowest BCUT2D eigenvalue weighted by atomic mass is 9.94. The maximum absolute atomic E-state index is 12.6. The minimum Gasteiger partial charge on any atom is -0.361 e. The molecule has 0 bridgehead atoms. The highest BCUT2D eigenvalue weighted by atomic mass is 79.9. The summed E-state index contributed by atoms with van der Waals surface area (Å²) in [5.41, 5.74) is 2.37. The highest BCUT2D eigenvalue weighted by molar-refractivity contribution is 9.10. The molecule has 1 aliphatic carbocycles. The van der Waals surface area contributed by atoms with Gasteiger partial charge in [0, 0.05) is 35.7 Å². The smallest absolute Gasteiger partial charge is 0.229 e. The van der Waals surface area contributed by atoms with E-state index in [0.29, 0.717) is 5.82 Å². The Morgan fingerprint density at radius 1 is 1.31 bits per heavy atom. The number of amides is 1. The molecule has 1 N–H and O–H groups in total. The third-order valence-corrected chi connectivity index (χ3v) is 5.73. The fourth-order valence-corrected chi connectivity index (χ4v) is 4.11. The molecule has 1 saturated heterocycles. The van der Waals surface area contributed by atoms with Gasteiger partial charge in [0.25, 0.3) is 0 Å². The molecule has 0 aromatic carbocycles. The molecule has 1 amide bonds. The number of carbonyl (C=O) groups is 1. The first-order chi connectivity index (χ1) is 12.7. The molecule has 2 aromatic heterocycles. The fourth-order valence-electron chi connectivity index (χ4n) is 3.88. The first-order valence-corrected chi connectivity index (χ1v) is 10.1. The number of hydrogen-bond acceptors (Lipinski definition) is 5. The van der Waals surface area contributed by atoms with Crippen LogP contribution >= 0.6 is 15.9 Å². The third-order valence-electron chi connectivity index (χ3n) is 5.26. The zero-order chi connectivity index (χ0) is 17.9. The predicted octanol–water partition coefficient (Wildman–Crippen LogP) is 3.56. The minimum atomic E-state index is -0.0167. The molecule has 138 valence electrons. The second-order valence-corrected chi connectivity index (χ2v) is 8.08. The van der Waals surface area contributed by atoms with E-state index in [0.717, 1.165) is 61.2 Å². The summed E-state index contributed by atoms with van der Waals surface area (Å²) >= 11 is 3.35. The van der Waals surface area contributed by atoms with Crippen LogP contribution in [0.1, 0.15) is 42.7 Å². The Hall–Kier alpha value is -1.73. The van der Waals surface area contributed by atoms with E-state index in [2.05, 4.69) is 36.3 Å². The number of rotatable bonds is 4. The van der Waals surface area contributed by atoms with Gasteiger partial charge < -0.3 is 9.84 Å². The van der Waals surface area contributed by atoms with Gasteiger partial charge in [-0.1, -0.05) is 5.16 Å². The van der Waals surface area contributed by atoms with Crippen molar-refractivity contribution in [1.82, 2.24) is 15.0 Å². The molecular formula is C19H23BrN4O2. The summed E-state index contributed by atoms with van der Waals surface area (Å²) in [7, 11) is 0. The molecule has 4 rings (SSSR count). The summed E-state index contributed by atoms with van der Waals surface area (Å²) < 4.78 is 6.42. The first-order valence-electron chi connectivity index (χ1n) is 9.30. The molecule has 2 aromatic rings. The standard InChI is InChI=1S/C19H23BrN4O2/c20-14-7-8-18(21-10-14)22-19(25)13-4-3-9-24(11-13)12-16-15-5-1-2-6-17(15)26-23-16/h7-8,10,13H,1-6,9,11-12H2,(H,21,22,25). The topological polar surface area (TPSA) is 71.3 Å². The quantitative estimate of drug-likeness (QED) is 0.821. The molecule has 1 unspecified atom stereocenters. The van der Waals surface area contributed by atoms with Gasteiger partial charge in [0.2, 0.25) is 5.91 Å². The Balaban J connectivity index is 1.37. The van der Waals surface area contributed by atoms with Crippen LogP contribution in [0.4, 0.5) is 5.82 Å². The van der Waals surface area contributed by atoms with E-state index in [4.69, 9.17) is 4.52 Å². The fraction of sp³-hybridized carbons (Fsp3) is 0.526. The van der Waals surface area contributed by atoms with E-state index in [1.54, 1.807) is 6.20 Å². The highest BCUT2D eigenvalue weighted by Crippen LogP contribution is 2.27. The minimum absolute atomic E-state index is 0.0167. The lowest BCUT2D eigenvalue weighted by molar-refractivity contribution is -0.121. The summed E-state index contributed by atoms with van der Waals surface area (Å²) in [5.74, 6) is 1.70. The van der Waals surface area contributed by atoms with Crippen LogP contribution in [0.25, 0.3) is 0 Å². The van der Waals surface area contributed by atoms with E-state index < -0.39 is 0 Å². The Morgan fingerprint density at radius 3 is 3.04 bits per heavy atom. The number of pyridine rings is 1. The van der Waals surface area contributed by atoms with E-state index in [-0.39, 0.29) is 11.8 Å². The van der Waals surface area contributed by atoms with Crippen molar-refractivity contribution < 1.29 is 9.32 Å². The average Bonchev–Trinajstić information content (AvgIpc) is 3.07. The van der Waals surface area contributed by atoms with Crippen LogP contribution in [0.15, 0.2) is 27.3 Å². The largest absolute Gasteiger partial charge is 0.361 e. The number of hydrogen-bond donors (Lipinski definition) is 1. The number of piperidine rings is 1. The monoisotopic (exact) mass is 418 g/mol. The molecule has 0 saturated carbocycles. The molecule has 0 radical (unpaired) electrons. The predicted molar refractivity (Wildman–Crippen MR) is 102 cm³/mol. The molecular weight excluding hydrogens is 396 g/mol. The van der Waals surface area contributed by atoms with Crippen molar-refractivity contribution in [1.29, 1.82) is 0 Å². The number of aromatic nitrogens is 2. The van der Waals surface area contributed by atoms with Crippen LogP contribution in [0.5, 0.6) is 0 Å². The SMILES string of the molecule is O=C(Nc1ccc(Br)cn1)C1CCCN(Cc2noc3c2CCCC3)C1. The zero-order valence-corrected chi connectivity index (χ0v) is 16.3. The molecule has 1 fully saturated rings. The second kappa shape index (κ2) is 7.88. The van der Waals surface area contributed by atoms with Crippen LogP contribution in [0, 0.1) is 5.92 Å². The lowest BCUT2D eigenvalue weighted by Gasteiger charge is -2.31. The van der Waals surface area contributed by atoms with Crippen LogP contribution in [-0.4, -0.2) is 34.0 Å². The number of fused-ring (bicyclic) bond motifs is 1. The van der Waals surface area contributed by atoms with Gasteiger partial charge in [-0.05, 0) is 66.7 Å². The van der Waals surface area contributed by atoms with Crippen molar-refractivity contribution in [2.24, 2.45) is 5.92 Å². The van der Waals surface area contributed by atoms with Crippen molar-refractivity contribution >= 4 is 27.7 Å². The van der Waals surface area contributed by atoms with E-state index >= 15 is 0 Å². The Morgan fingerprint density at radius 2 is 2.19 bits per heavy atom.